The van der Waals surface area contributed by atoms with E-state index in [4.69, 9.17) is 4.74 Å². The van der Waals surface area contributed by atoms with Crippen LogP contribution >= 0.6 is 0 Å². The van der Waals surface area contributed by atoms with Crippen molar-refractivity contribution in [2.24, 2.45) is 0 Å². The summed E-state index contributed by atoms with van der Waals surface area (Å²) < 4.78 is 5.75. The molecule has 0 bridgehead atoms. The molecule has 3 heteroatoms. The van der Waals surface area contributed by atoms with Gasteiger partial charge in [0.05, 0.1) is 12.2 Å². The van der Waals surface area contributed by atoms with Crippen LogP contribution in [0.25, 0.3) is 0 Å². The Morgan fingerprint density at radius 1 is 1.41 bits per heavy atom. The summed E-state index contributed by atoms with van der Waals surface area (Å²) in [4.78, 5) is 2.53. The molecule has 0 radical (unpaired) electrons. The van der Waals surface area contributed by atoms with E-state index in [0.717, 1.165) is 32.7 Å². The van der Waals surface area contributed by atoms with Crippen molar-refractivity contribution in [3.05, 3.63) is 0 Å². The van der Waals surface area contributed by atoms with E-state index in [0.29, 0.717) is 6.04 Å². The molecular formula is C14H30N2O. The minimum absolute atomic E-state index is 0.00673. The van der Waals surface area contributed by atoms with Crippen LogP contribution in [0.2, 0.25) is 0 Å². The van der Waals surface area contributed by atoms with Gasteiger partial charge in [0, 0.05) is 31.2 Å². The molecule has 1 N–H and O–H groups in total. The number of hydrogen-bond donors (Lipinski definition) is 1. The Morgan fingerprint density at radius 2 is 2.06 bits per heavy atom. The maximum atomic E-state index is 5.75. The average Bonchev–Trinajstić information content (AvgIpc) is 2.24. The lowest BCUT2D eigenvalue weighted by Gasteiger charge is -2.42. The standard InChI is InChI=1S/C14H30N2O/c1-7-13(3,4)15-10-12(2)16-8-9-17-14(5,6)11-16/h12,15H,7-11H2,1-6H3. The van der Waals surface area contributed by atoms with Crippen molar-refractivity contribution in [2.45, 2.75) is 65.1 Å². The molecule has 1 fully saturated rings. The second kappa shape index (κ2) is 5.68. The van der Waals surface area contributed by atoms with Crippen LogP contribution in [-0.2, 0) is 4.74 Å². The zero-order valence-electron chi connectivity index (χ0n) is 12.5. The van der Waals surface area contributed by atoms with E-state index in [2.05, 4.69) is 51.8 Å². The predicted molar refractivity (Wildman–Crippen MR) is 73.4 cm³/mol. The second-order valence-corrected chi connectivity index (χ2v) is 6.55. The number of nitrogens with zero attached hydrogens (tertiary/aromatic N) is 1. The molecule has 0 aromatic heterocycles. The fraction of sp³-hybridized carbons (Fsp3) is 1.00. The Morgan fingerprint density at radius 3 is 2.59 bits per heavy atom. The van der Waals surface area contributed by atoms with Crippen molar-refractivity contribution >= 4 is 0 Å². The van der Waals surface area contributed by atoms with Gasteiger partial charge in [0.25, 0.3) is 0 Å². The number of morpholine rings is 1. The Labute approximate surface area is 107 Å². The van der Waals surface area contributed by atoms with Gasteiger partial charge in [-0.2, -0.15) is 0 Å². The SMILES string of the molecule is CCC(C)(C)NCC(C)N1CCOC(C)(C)C1. The molecule has 3 nitrogen and oxygen atoms in total. The highest BCUT2D eigenvalue weighted by molar-refractivity contribution is 4.84. The summed E-state index contributed by atoms with van der Waals surface area (Å²) in [5, 5.41) is 3.65. The molecule has 102 valence electrons. The third-order valence-electron chi connectivity index (χ3n) is 3.84. The quantitative estimate of drug-likeness (QED) is 0.800. The van der Waals surface area contributed by atoms with E-state index in [1.807, 2.05) is 0 Å². The van der Waals surface area contributed by atoms with E-state index < -0.39 is 0 Å². The van der Waals surface area contributed by atoms with Gasteiger partial charge in [-0.3, -0.25) is 4.90 Å². The van der Waals surface area contributed by atoms with Crippen LogP contribution in [0.15, 0.2) is 0 Å². The zero-order chi connectivity index (χ0) is 13.1. The fourth-order valence-electron chi connectivity index (χ4n) is 2.11. The largest absolute Gasteiger partial charge is 0.373 e. The summed E-state index contributed by atoms with van der Waals surface area (Å²) in [6.45, 7) is 17.4. The van der Waals surface area contributed by atoms with Gasteiger partial charge in [0.2, 0.25) is 0 Å². The summed E-state index contributed by atoms with van der Waals surface area (Å²) >= 11 is 0. The van der Waals surface area contributed by atoms with Crippen molar-refractivity contribution in [3.63, 3.8) is 0 Å². The topological polar surface area (TPSA) is 24.5 Å². The molecular weight excluding hydrogens is 212 g/mol. The maximum Gasteiger partial charge on any atom is 0.0753 e. The Kier molecular flexibility index (Phi) is 4.99. The smallest absolute Gasteiger partial charge is 0.0753 e. The van der Waals surface area contributed by atoms with Crippen LogP contribution in [0.5, 0.6) is 0 Å². The highest BCUT2D eigenvalue weighted by Gasteiger charge is 2.30. The molecule has 1 saturated heterocycles. The molecule has 1 aliphatic heterocycles. The first kappa shape index (κ1) is 14.9. The van der Waals surface area contributed by atoms with Crippen LogP contribution in [-0.4, -0.2) is 48.3 Å². The summed E-state index contributed by atoms with van der Waals surface area (Å²) in [5.74, 6) is 0. The highest BCUT2D eigenvalue weighted by Crippen LogP contribution is 2.18. The fourth-order valence-corrected chi connectivity index (χ4v) is 2.11. The molecule has 1 atom stereocenters. The molecule has 1 rings (SSSR count). The summed E-state index contributed by atoms with van der Waals surface area (Å²) in [5.41, 5.74) is 0.253. The van der Waals surface area contributed by atoms with Crippen LogP contribution in [0, 0.1) is 0 Å². The lowest BCUT2D eigenvalue weighted by Crippen LogP contribution is -2.55. The number of nitrogens with one attached hydrogen (secondary N) is 1. The minimum Gasteiger partial charge on any atom is -0.373 e. The molecule has 1 unspecified atom stereocenters. The number of rotatable bonds is 5. The molecule has 1 heterocycles. The van der Waals surface area contributed by atoms with Crippen LogP contribution in [0.3, 0.4) is 0 Å². The van der Waals surface area contributed by atoms with Crippen LogP contribution in [0.1, 0.15) is 48.0 Å². The third kappa shape index (κ3) is 4.94. The predicted octanol–water partition coefficient (Wildman–Crippen LogP) is 2.26. The Hall–Kier alpha value is -0.120. The molecule has 0 saturated carbocycles. The van der Waals surface area contributed by atoms with Gasteiger partial charge in [-0.25, -0.2) is 0 Å². The Balaban J connectivity index is 2.40. The second-order valence-electron chi connectivity index (χ2n) is 6.55. The van der Waals surface area contributed by atoms with Gasteiger partial charge in [-0.1, -0.05) is 6.92 Å². The maximum absolute atomic E-state index is 5.75. The molecule has 0 aromatic carbocycles. The molecule has 0 spiro atoms. The molecule has 0 aromatic rings. The summed E-state index contributed by atoms with van der Waals surface area (Å²) in [6.07, 6.45) is 1.16. The number of ether oxygens (including phenoxy) is 1. The van der Waals surface area contributed by atoms with E-state index in [1.54, 1.807) is 0 Å². The highest BCUT2D eigenvalue weighted by atomic mass is 16.5. The van der Waals surface area contributed by atoms with Gasteiger partial charge in [0.1, 0.15) is 0 Å². The summed E-state index contributed by atoms with van der Waals surface area (Å²) in [7, 11) is 0. The van der Waals surface area contributed by atoms with E-state index >= 15 is 0 Å². The van der Waals surface area contributed by atoms with Crippen molar-refractivity contribution in [1.82, 2.24) is 10.2 Å². The first-order valence-electron chi connectivity index (χ1n) is 6.89. The van der Waals surface area contributed by atoms with Crippen molar-refractivity contribution in [1.29, 1.82) is 0 Å². The molecule has 0 aliphatic carbocycles. The van der Waals surface area contributed by atoms with Gasteiger partial charge in [-0.05, 0) is 41.0 Å². The molecule has 17 heavy (non-hydrogen) atoms. The van der Waals surface area contributed by atoms with Gasteiger partial charge >= 0.3 is 0 Å². The lowest BCUT2D eigenvalue weighted by atomic mass is 10.0. The van der Waals surface area contributed by atoms with Gasteiger partial charge < -0.3 is 10.1 Å². The van der Waals surface area contributed by atoms with Gasteiger partial charge in [0.15, 0.2) is 0 Å². The molecule has 1 aliphatic rings. The molecule has 0 amide bonds. The lowest BCUT2D eigenvalue weighted by molar-refractivity contribution is -0.0953. The zero-order valence-corrected chi connectivity index (χ0v) is 12.5. The number of hydrogen-bond acceptors (Lipinski definition) is 3. The van der Waals surface area contributed by atoms with Gasteiger partial charge in [-0.15, -0.1) is 0 Å². The summed E-state index contributed by atoms with van der Waals surface area (Å²) in [6, 6.07) is 0.573. The average molecular weight is 242 g/mol. The minimum atomic E-state index is 0.00673. The normalized spacial score (nSPS) is 23.6. The van der Waals surface area contributed by atoms with Crippen molar-refractivity contribution in [3.8, 4) is 0 Å². The first-order chi connectivity index (χ1) is 7.76. The van der Waals surface area contributed by atoms with Crippen LogP contribution in [0.4, 0.5) is 0 Å². The van der Waals surface area contributed by atoms with Crippen molar-refractivity contribution in [2.75, 3.05) is 26.2 Å². The van der Waals surface area contributed by atoms with E-state index in [1.165, 1.54) is 0 Å². The first-order valence-corrected chi connectivity index (χ1v) is 6.89. The monoisotopic (exact) mass is 242 g/mol. The van der Waals surface area contributed by atoms with E-state index in [-0.39, 0.29) is 11.1 Å². The van der Waals surface area contributed by atoms with Crippen LogP contribution < -0.4 is 5.32 Å². The van der Waals surface area contributed by atoms with Crippen molar-refractivity contribution < 1.29 is 4.74 Å². The van der Waals surface area contributed by atoms with E-state index in [9.17, 15) is 0 Å². The Bertz CT molecular complexity index is 238. The third-order valence-corrected chi connectivity index (χ3v) is 3.84.